The van der Waals surface area contributed by atoms with E-state index in [1.807, 2.05) is 19.1 Å². The molecule has 1 aromatic carbocycles. The Morgan fingerprint density at radius 3 is 2.64 bits per heavy atom. The Hall–Kier alpha value is -2.76. The highest BCUT2D eigenvalue weighted by molar-refractivity contribution is 6.17. The van der Waals surface area contributed by atoms with Crippen LogP contribution in [0.25, 0.3) is 5.57 Å². The number of aryl methyl sites for hydroxylation is 2. The lowest BCUT2D eigenvalue weighted by atomic mass is 10.0. The van der Waals surface area contributed by atoms with Gasteiger partial charge in [0.05, 0.1) is 20.5 Å². The van der Waals surface area contributed by atoms with E-state index >= 15 is 0 Å². The number of methoxy groups -OCH3 is 2. The van der Waals surface area contributed by atoms with Crippen LogP contribution in [0.3, 0.4) is 0 Å². The zero-order valence-corrected chi connectivity index (χ0v) is 13.0. The molecule has 0 aliphatic heterocycles. The number of benzene rings is 1. The molecule has 0 spiro atoms. The average molecular weight is 302 g/mol. The van der Waals surface area contributed by atoms with E-state index in [4.69, 9.17) is 14.2 Å². The van der Waals surface area contributed by atoms with Gasteiger partial charge in [-0.15, -0.1) is 5.10 Å². The summed E-state index contributed by atoms with van der Waals surface area (Å²) in [7, 11) is 4.60. The van der Waals surface area contributed by atoms with Gasteiger partial charge in [-0.2, -0.15) is 0 Å². The zero-order chi connectivity index (χ0) is 16.1. The van der Waals surface area contributed by atoms with Gasteiger partial charge < -0.3 is 14.2 Å². The van der Waals surface area contributed by atoms with Crippen LogP contribution in [0, 0.1) is 6.92 Å². The molecule has 0 saturated carbocycles. The van der Waals surface area contributed by atoms with Gasteiger partial charge in [-0.1, -0.05) is 12.1 Å². The number of rotatable bonds is 5. The lowest BCUT2D eigenvalue weighted by molar-refractivity contribution is -0.133. The quantitative estimate of drug-likeness (QED) is 0.483. The first kappa shape index (κ1) is 15.6. The summed E-state index contributed by atoms with van der Waals surface area (Å²) in [5, 5.41) is 4.17. The van der Waals surface area contributed by atoms with E-state index in [1.54, 1.807) is 30.1 Å². The molecule has 0 fully saturated rings. The van der Waals surface area contributed by atoms with Crippen molar-refractivity contribution in [2.24, 2.45) is 7.05 Å². The molecule has 2 aromatic rings. The minimum Gasteiger partial charge on any atom is -0.503 e. The first-order chi connectivity index (χ1) is 10.6. The summed E-state index contributed by atoms with van der Waals surface area (Å²) in [6.07, 6.45) is 3.12. The van der Waals surface area contributed by atoms with Gasteiger partial charge in [0, 0.05) is 24.9 Å². The molecule has 6 nitrogen and oxygen atoms in total. The van der Waals surface area contributed by atoms with Gasteiger partial charge >= 0.3 is 5.97 Å². The van der Waals surface area contributed by atoms with E-state index in [0.717, 1.165) is 5.56 Å². The topological polar surface area (TPSA) is 62.6 Å². The largest absolute Gasteiger partial charge is 0.503 e. The molecule has 6 heteroatoms. The highest BCUT2D eigenvalue weighted by Gasteiger charge is 2.20. The van der Waals surface area contributed by atoms with E-state index in [1.165, 1.54) is 20.5 Å². The molecular weight excluding hydrogens is 284 g/mol. The maximum atomic E-state index is 12.0. The molecule has 0 unspecified atom stereocenters. The van der Waals surface area contributed by atoms with Gasteiger partial charge in [0.1, 0.15) is 11.3 Å². The van der Waals surface area contributed by atoms with Gasteiger partial charge in [0.15, 0.2) is 0 Å². The van der Waals surface area contributed by atoms with Gasteiger partial charge in [-0.3, -0.25) is 4.68 Å². The van der Waals surface area contributed by atoms with Crippen molar-refractivity contribution >= 4 is 11.5 Å². The molecule has 0 N–H and O–H groups in total. The molecule has 0 bridgehead atoms. The number of hydrogen-bond acceptors (Lipinski definition) is 5. The zero-order valence-electron chi connectivity index (χ0n) is 13.0. The van der Waals surface area contributed by atoms with E-state index < -0.39 is 5.97 Å². The molecule has 22 heavy (non-hydrogen) atoms. The lowest BCUT2D eigenvalue weighted by Gasteiger charge is -2.14. The van der Waals surface area contributed by atoms with E-state index in [0.29, 0.717) is 17.2 Å². The summed E-state index contributed by atoms with van der Waals surface area (Å²) in [5.41, 5.74) is 1.76. The van der Waals surface area contributed by atoms with Crippen LogP contribution in [0.2, 0.25) is 0 Å². The fourth-order valence-electron chi connectivity index (χ4n) is 2.07. The van der Waals surface area contributed by atoms with Crippen LogP contribution in [-0.2, 0) is 21.3 Å². The SMILES string of the molecule is CO/C=C(\C(=O)OC)c1c(C)cccc1Oc1ccn(C)n1. The molecule has 116 valence electrons. The summed E-state index contributed by atoms with van der Waals surface area (Å²) in [6, 6.07) is 7.24. The van der Waals surface area contributed by atoms with E-state index in [9.17, 15) is 4.79 Å². The van der Waals surface area contributed by atoms with Gasteiger partial charge in [0.25, 0.3) is 0 Å². The van der Waals surface area contributed by atoms with Gasteiger partial charge in [-0.25, -0.2) is 4.79 Å². The van der Waals surface area contributed by atoms with Crippen LogP contribution in [-0.4, -0.2) is 30.0 Å². The van der Waals surface area contributed by atoms with Crippen LogP contribution in [0.15, 0.2) is 36.7 Å². The summed E-state index contributed by atoms with van der Waals surface area (Å²) >= 11 is 0. The van der Waals surface area contributed by atoms with E-state index in [2.05, 4.69) is 5.10 Å². The number of esters is 1. The normalized spacial score (nSPS) is 11.2. The molecule has 2 rings (SSSR count). The first-order valence-corrected chi connectivity index (χ1v) is 6.65. The van der Waals surface area contributed by atoms with Crippen LogP contribution in [0.5, 0.6) is 11.6 Å². The van der Waals surface area contributed by atoms with E-state index in [-0.39, 0.29) is 5.57 Å². The second kappa shape index (κ2) is 6.80. The molecule has 0 radical (unpaired) electrons. The fraction of sp³-hybridized carbons (Fsp3) is 0.250. The van der Waals surface area contributed by atoms with Crippen molar-refractivity contribution in [3.63, 3.8) is 0 Å². The fourth-order valence-corrected chi connectivity index (χ4v) is 2.07. The molecule has 0 aliphatic carbocycles. The highest BCUT2D eigenvalue weighted by Crippen LogP contribution is 2.33. The molecule has 1 aromatic heterocycles. The number of aromatic nitrogens is 2. The van der Waals surface area contributed by atoms with Crippen LogP contribution in [0.4, 0.5) is 0 Å². The lowest BCUT2D eigenvalue weighted by Crippen LogP contribution is -2.07. The van der Waals surface area contributed by atoms with Crippen LogP contribution < -0.4 is 4.74 Å². The summed E-state index contributed by atoms with van der Waals surface area (Å²) < 4.78 is 17.3. The molecule has 0 atom stereocenters. The smallest absolute Gasteiger partial charge is 0.341 e. The predicted molar refractivity (Wildman–Crippen MR) is 81.5 cm³/mol. The minimum absolute atomic E-state index is 0.286. The molecular formula is C16H18N2O4. The Kier molecular flexibility index (Phi) is 4.83. The highest BCUT2D eigenvalue weighted by atomic mass is 16.5. The first-order valence-electron chi connectivity index (χ1n) is 6.65. The second-order valence-electron chi connectivity index (χ2n) is 4.64. The third-order valence-corrected chi connectivity index (χ3v) is 3.05. The summed E-state index contributed by atoms with van der Waals surface area (Å²) in [6.45, 7) is 1.88. The van der Waals surface area contributed by atoms with Crippen molar-refractivity contribution < 1.29 is 19.0 Å². The van der Waals surface area contributed by atoms with Crippen LogP contribution >= 0.6 is 0 Å². The monoisotopic (exact) mass is 302 g/mol. The van der Waals surface area contributed by atoms with Crippen LogP contribution in [0.1, 0.15) is 11.1 Å². The number of ether oxygens (including phenoxy) is 3. The third-order valence-electron chi connectivity index (χ3n) is 3.05. The standard InChI is InChI=1S/C16H18N2O4/c1-11-6-5-7-13(22-14-8-9-18(2)17-14)15(11)12(10-20-3)16(19)21-4/h5-10H,1-4H3/b12-10-. The molecule has 0 amide bonds. The van der Waals surface area contributed by atoms with Crippen molar-refractivity contribution in [3.05, 3.63) is 47.9 Å². The Morgan fingerprint density at radius 2 is 2.05 bits per heavy atom. The number of carbonyl (C=O) groups excluding carboxylic acids is 1. The second-order valence-corrected chi connectivity index (χ2v) is 4.64. The minimum atomic E-state index is -0.498. The predicted octanol–water partition coefficient (Wildman–Crippen LogP) is 2.68. The maximum absolute atomic E-state index is 12.0. The number of carbonyl (C=O) groups is 1. The Balaban J connectivity index is 2.49. The van der Waals surface area contributed by atoms with Crippen molar-refractivity contribution in [2.45, 2.75) is 6.92 Å². The molecule has 0 aliphatic rings. The van der Waals surface area contributed by atoms with Crippen molar-refractivity contribution in [2.75, 3.05) is 14.2 Å². The molecule has 0 saturated heterocycles. The average Bonchev–Trinajstić information content (AvgIpc) is 2.90. The Bertz CT molecular complexity index is 704. The molecule has 1 heterocycles. The van der Waals surface area contributed by atoms with Gasteiger partial charge in [0.2, 0.25) is 5.88 Å². The summed E-state index contributed by atoms with van der Waals surface area (Å²) in [4.78, 5) is 12.0. The third kappa shape index (κ3) is 3.28. The number of hydrogen-bond donors (Lipinski definition) is 0. The van der Waals surface area contributed by atoms with Crippen molar-refractivity contribution in [1.29, 1.82) is 0 Å². The summed E-state index contributed by atoms with van der Waals surface area (Å²) in [5.74, 6) is 0.449. The van der Waals surface area contributed by atoms with Crippen molar-refractivity contribution in [1.82, 2.24) is 9.78 Å². The van der Waals surface area contributed by atoms with Gasteiger partial charge in [-0.05, 0) is 18.6 Å². The Labute approximate surface area is 128 Å². The maximum Gasteiger partial charge on any atom is 0.341 e. The number of nitrogens with zero attached hydrogens (tertiary/aromatic N) is 2. The Morgan fingerprint density at radius 1 is 1.27 bits per heavy atom. The van der Waals surface area contributed by atoms with Crippen molar-refractivity contribution in [3.8, 4) is 11.6 Å².